The highest BCUT2D eigenvalue weighted by Gasteiger charge is 2.39. The van der Waals surface area contributed by atoms with Crippen LogP contribution in [0.15, 0.2) is 72.5 Å². The molecule has 0 saturated heterocycles. The lowest BCUT2D eigenvalue weighted by atomic mass is 10.0. The Morgan fingerprint density at radius 3 is 2.54 bits per heavy atom. The molecule has 46 heavy (non-hydrogen) atoms. The third-order valence-corrected chi connectivity index (χ3v) is 7.99. The quantitative estimate of drug-likeness (QED) is 0.222. The number of carbonyl (C=O) groups excluding carboxylic acids is 1. The van der Waals surface area contributed by atoms with E-state index in [-0.39, 0.29) is 24.2 Å². The highest BCUT2D eigenvalue weighted by molar-refractivity contribution is 5.94. The lowest BCUT2D eigenvalue weighted by Gasteiger charge is -2.28. The Kier molecular flexibility index (Phi) is 8.22. The predicted octanol–water partition coefficient (Wildman–Crippen LogP) is 4.26. The second kappa shape index (κ2) is 12.4. The second-order valence-electron chi connectivity index (χ2n) is 11.2. The van der Waals surface area contributed by atoms with Gasteiger partial charge < -0.3 is 35.0 Å². The number of benzene rings is 2. The van der Waals surface area contributed by atoms with Gasteiger partial charge in [-0.3, -0.25) is 4.79 Å². The van der Waals surface area contributed by atoms with Crippen molar-refractivity contribution in [2.45, 2.75) is 25.2 Å². The van der Waals surface area contributed by atoms with E-state index in [0.29, 0.717) is 35.1 Å². The molecule has 0 bridgehead atoms. The Bertz CT molecular complexity index is 1870. The number of fused-ring (bicyclic) bond motifs is 1. The van der Waals surface area contributed by atoms with Crippen LogP contribution in [0.4, 0.5) is 21.6 Å². The Morgan fingerprint density at radius 2 is 1.89 bits per heavy atom. The number of nitrogens with zero attached hydrogens (tertiary/aromatic N) is 5. The SMILES string of the molecule is COc1ccc(CN(C)c2cc(Nc3cccc(C4=CC=C(C(=O)O)CN4C)c3OC)nn3c(C(=O)N[C@@H]4C[C@@H]4F)cnc23)cc1. The maximum absolute atomic E-state index is 13.6. The van der Waals surface area contributed by atoms with Crippen LogP contribution >= 0.6 is 0 Å². The Hall–Kier alpha value is -5.59. The molecule has 2 aromatic heterocycles. The molecule has 6 rings (SSSR count). The van der Waals surface area contributed by atoms with Crippen LogP contribution < -0.4 is 25.0 Å². The molecule has 2 aromatic carbocycles. The third kappa shape index (κ3) is 6.03. The summed E-state index contributed by atoms with van der Waals surface area (Å²) in [4.78, 5) is 33.0. The molecule has 4 aromatic rings. The van der Waals surface area contributed by atoms with Gasteiger partial charge >= 0.3 is 5.97 Å². The normalized spacial score (nSPS) is 17.2. The number of rotatable bonds is 11. The first-order valence-corrected chi connectivity index (χ1v) is 14.6. The number of ether oxygens (including phenoxy) is 2. The van der Waals surface area contributed by atoms with Gasteiger partial charge in [-0.1, -0.05) is 18.2 Å². The van der Waals surface area contributed by atoms with E-state index in [1.54, 1.807) is 26.4 Å². The summed E-state index contributed by atoms with van der Waals surface area (Å²) in [7, 11) is 6.92. The Morgan fingerprint density at radius 1 is 1.13 bits per heavy atom. The van der Waals surface area contributed by atoms with Crippen molar-refractivity contribution in [1.82, 2.24) is 24.8 Å². The maximum Gasteiger partial charge on any atom is 0.333 e. The maximum atomic E-state index is 13.6. The number of hydrogen-bond acceptors (Lipinski definition) is 9. The van der Waals surface area contributed by atoms with Gasteiger partial charge in [-0.25, -0.2) is 18.7 Å². The van der Waals surface area contributed by atoms with E-state index in [9.17, 15) is 19.1 Å². The fraction of sp³-hybridized carbons (Fsp3) is 0.273. The number of carboxylic acid groups (broad SMARTS) is 1. The topological polar surface area (TPSA) is 134 Å². The summed E-state index contributed by atoms with van der Waals surface area (Å²) in [6, 6.07) is 14.7. The van der Waals surface area contributed by atoms with E-state index in [4.69, 9.17) is 14.6 Å². The van der Waals surface area contributed by atoms with Gasteiger partial charge in [-0.15, -0.1) is 5.10 Å². The summed E-state index contributed by atoms with van der Waals surface area (Å²) in [5, 5.41) is 20.2. The van der Waals surface area contributed by atoms with Crippen molar-refractivity contribution in [3.8, 4) is 11.5 Å². The van der Waals surface area contributed by atoms with Crippen molar-refractivity contribution in [3.63, 3.8) is 0 Å². The van der Waals surface area contributed by atoms with Crippen LogP contribution in [0.25, 0.3) is 11.3 Å². The van der Waals surface area contributed by atoms with Gasteiger partial charge in [0, 0.05) is 50.9 Å². The number of allylic oxidation sites excluding steroid dienone is 2. The molecule has 2 atom stereocenters. The van der Waals surface area contributed by atoms with Gasteiger partial charge in [-0.2, -0.15) is 0 Å². The van der Waals surface area contributed by atoms with Crippen LogP contribution in [0, 0.1) is 0 Å². The standard InChI is InChI=1S/C33H34FN7O5/c1-39(17-19-8-11-21(45-3)12-9-19)27-15-29(38-41-28(16-35-31(27)41)32(42)37-25-14-23(25)34)36-24-7-5-6-22(30(24)46-4)26-13-10-20(33(43)44)18-40(26)2/h5-13,15-16,23,25H,14,17-18H2,1-4H3,(H,36,38)(H,37,42)(H,43,44)/t23-,25+/m0/s1. The molecular weight excluding hydrogens is 593 g/mol. The lowest BCUT2D eigenvalue weighted by molar-refractivity contribution is -0.132. The summed E-state index contributed by atoms with van der Waals surface area (Å²) in [6.07, 6.45) is 4.02. The molecule has 0 spiro atoms. The van der Waals surface area contributed by atoms with Crippen LogP contribution in [0.5, 0.6) is 11.5 Å². The Balaban J connectivity index is 1.39. The molecule has 1 fully saturated rings. The first-order chi connectivity index (χ1) is 22.2. The summed E-state index contributed by atoms with van der Waals surface area (Å²) in [5.41, 5.74) is 4.77. The van der Waals surface area contributed by atoms with E-state index < -0.39 is 24.1 Å². The van der Waals surface area contributed by atoms with Crippen LogP contribution in [0.3, 0.4) is 0 Å². The zero-order valence-corrected chi connectivity index (χ0v) is 25.8. The van der Waals surface area contributed by atoms with Gasteiger partial charge in [0.25, 0.3) is 5.91 Å². The zero-order valence-electron chi connectivity index (χ0n) is 25.8. The molecule has 1 aliphatic carbocycles. The predicted molar refractivity (Wildman–Crippen MR) is 171 cm³/mol. The number of carboxylic acids is 1. The number of nitrogens with one attached hydrogen (secondary N) is 2. The molecule has 13 heteroatoms. The molecular formula is C33H34FN7O5. The average molecular weight is 628 g/mol. The molecule has 0 radical (unpaired) electrons. The van der Waals surface area contributed by atoms with Gasteiger partial charge in [0.1, 0.15) is 11.9 Å². The number of methoxy groups -OCH3 is 2. The number of aliphatic carboxylic acids is 1. The fourth-order valence-electron chi connectivity index (χ4n) is 5.42. The fourth-order valence-corrected chi connectivity index (χ4v) is 5.42. The average Bonchev–Trinajstić information content (AvgIpc) is 3.56. The van der Waals surface area contributed by atoms with Crippen LogP contribution in [0.1, 0.15) is 28.0 Å². The second-order valence-corrected chi connectivity index (χ2v) is 11.2. The van der Waals surface area contributed by atoms with Crippen LogP contribution in [0.2, 0.25) is 0 Å². The molecule has 0 unspecified atom stereocenters. The van der Waals surface area contributed by atoms with E-state index >= 15 is 0 Å². The highest BCUT2D eigenvalue weighted by atomic mass is 19.1. The van der Waals surface area contributed by atoms with Crippen LogP contribution in [-0.4, -0.2) is 83.6 Å². The number of likely N-dealkylation sites (N-methyl/N-ethyl adjacent to an activating group) is 1. The van der Waals surface area contributed by atoms with E-state index in [0.717, 1.165) is 22.6 Å². The first kappa shape index (κ1) is 30.4. The van der Waals surface area contributed by atoms with E-state index in [1.807, 2.05) is 72.4 Å². The largest absolute Gasteiger partial charge is 0.497 e. The smallest absolute Gasteiger partial charge is 0.333 e. The summed E-state index contributed by atoms with van der Waals surface area (Å²) < 4.78 is 26.2. The number of alkyl halides is 1. The van der Waals surface area contributed by atoms with Crippen LogP contribution in [-0.2, 0) is 11.3 Å². The third-order valence-electron chi connectivity index (χ3n) is 7.99. The van der Waals surface area contributed by atoms with Gasteiger partial charge in [0.05, 0.1) is 43.4 Å². The minimum Gasteiger partial charge on any atom is -0.497 e. The number of para-hydroxylation sites is 1. The Labute approximate surface area is 264 Å². The summed E-state index contributed by atoms with van der Waals surface area (Å²) in [6.45, 7) is 0.758. The molecule has 238 valence electrons. The first-order valence-electron chi connectivity index (χ1n) is 14.6. The number of carbonyl (C=O) groups is 2. The molecule has 1 aliphatic heterocycles. The van der Waals surface area contributed by atoms with Crippen molar-refractivity contribution in [3.05, 3.63) is 89.3 Å². The van der Waals surface area contributed by atoms with Gasteiger partial charge in [-0.05, 0) is 42.0 Å². The van der Waals surface area contributed by atoms with Crippen molar-refractivity contribution in [1.29, 1.82) is 0 Å². The number of hydrogen-bond donors (Lipinski definition) is 3. The molecule has 3 N–H and O–H groups in total. The lowest BCUT2D eigenvalue weighted by Crippen LogP contribution is -2.28. The van der Waals surface area contributed by atoms with Gasteiger partial charge in [0.2, 0.25) is 0 Å². The van der Waals surface area contributed by atoms with E-state index in [2.05, 4.69) is 15.6 Å². The number of aromatic nitrogens is 3. The van der Waals surface area contributed by atoms with Crippen molar-refractivity contribution in [2.24, 2.45) is 0 Å². The summed E-state index contributed by atoms with van der Waals surface area (Å²) >= 11 is 0. The van der Waals surface area contributed by atoms with Crippen molar-refractivity contribution in [2.75, 3.05) is 45.1 Å². The van der Waals surface area contributed by atoms with Crippen molar-refractivity contribution >= 4 is 40.4 Å². The number of imidazole rings is 1. The molecule has 1 saturated carbocycles. The minimum atomic E-state index is -1.05. The molecule has 2 aliphatic rings. The number of amides is 1. The van der Waals surface area contributed by atoms with Crippen molar-refractivity contribution < 1.29 is 28.6 Å². The van der Waals surface area contributed by atoms with E-state index in [1.165, 1.54) is 10.7 Å². The molecule has 3 heterocycles. The number of halogens is 1. The molecule has 12 nitrogen and oxygen atoms in total. The summed E-state index contributed by atoms with van der Waals surface area (Å²) in [5.74, 6) is 0.248. The minimum absolute atomic E-state index is 0.174. The molecule has 1 amide bonds. The van der Waals surface area contributed by atoms with Gasteiger partial charge in [0.15, 0.2) is 22.9 Å². The monoisotopic (exact) mass is 627 g/mol. The highest BCUT2D eigenvalue weighted by Crippen LogP contribution is 2.38. The number of anilines is 3. The zero-order chi connectivity index (χ0) is 32.5.